The van der Waals surface area contributed by atoms with Crippen LogP contribution >= 0.6 is 11.8 Å². The Morgan fingerprint density at radius 1 is 1.14 bits per heavy atom. The van der Waals surface area contributed by atoms with Crippen LogP contribution in [-0.4, -0.2) is 49.4 Å². The highest BCUT2D eigenvalue weighted by molar-refractivity contribution is 7.99. The number of aryl methyl sites for hydroxylation is 1. The predicted molar refractivity (Wildman–Crippen MR) is 109 cm³/mol. The summed E-state index contributed by atoms with van der Waals surface area (Å²) < 4.78 is 7.39. The van der Waals surface area contributed by atoms with Crippen molar-refractivity contribution in [1.82, 2.24) is 25.0 Å². The summed E-state index contributed by atoms with van der Waals surface area (Å²) in [6.45, 7) is 5.57. The van der Waals surface area contributed by atoms with Crippen LogP contribution in [-0.2, 0) is 4.79 Å². The summed E-state index contributed by atoms with van der Waals surface area (Å²) in [6.07, 6.45) is 1.63. The summed E-state index contributed by atoms with van der Waals surface area (Å²) >= 11 is 1.44. The van der Waals surface area contributed by atoms with E-state index in [9.17, 15) is 9.59 Å². The Balaban J connectivity index is 1.58. The highest BCUT2D eigenvalue weighted by atomic mass is 32.2. The number of nitrogens with zero attached hydrogens (tertiary/aromatic N) is 4. The third-order valence-corrected chi connectivity index (χ3v) is 5.65. The van der Waals surface area contributed by atoms with Gasteiger partial charge in [-0.05, 0) is 39.0 Å². The molecular weight excluding hydrogens is 390 g/mol. The van der Waals surface area contributed by atoms with Crippen LogP contribution in [0.25, 0.3) is 17.1 Å². The quantitative estimate of drug-likeness (QED) is 0.494. The van der Waals surface area contributed by atoms with Crippen molar-refractivity contribution in [3.05, 3.63) is 48.4 Å². The number of aromatic nitrogens is 3. The van der Waals surface area contributed by atoms with E-state index < -0.39 is 5.54 Å². The first-order valence-electron chi connectivity index (χ1n) is 9.21. The second-order valence-electron chi connectivity index (χ2n) is 7.23. The summed E-state index contributed by atoms with van der Waals surface area (Å²) in [5.74, 6) is 1.72. The average molecular weight is 411 g/mol. The Kier molecular flexibility index (Phi) is 4.91. The molecule has 3 amide bonds. The number of urea groups is 1. The molecule has 3 heterocycles. The topological polar surface area (TPSA) is 93.3 Å². The minimum absolute atomic E-state index is 0.220. The number of carbonyl (C=O) groups excluding carboxylic acids is 2. The molecule has 0 aliphatic carbocycles. The zero-order valence-electron chi connectivity index (χ0n) is 16.4. The van der Waals surface area contributed by atoms with E-state index in [0.717, 1.165) is 17.0 Å². The van der Waals surface area contributed by atoms with Gasteiger partial charge in [-0.25, -0.2) is 4.79 Å². The van der Waals surface area contributed by atoms with Crippen molar-refractivity contribution >= 4 is 23.7 Å². The van der Waals surface area contributed by atoms with Gasteiger partial charge in [0.25, 0.3) is 5.91 Å². The third kappa shape index (κ3) is 3.53. The van der Waals surface area contributed by atoms with E-state index in [1.54, 1.807) is 20.1 Å². The third-order valence-electron chi connectivity index (χ3n) is 4.74. The smallest absolute Gasteiger partial charge is 0.325 e. The highest BCUT2D eigenvalue weighted by Gasteiger charge is 2.43. The molecule has 0 bridgehead atoms. The Bertz CT molecular complexity index is 1060. The number of para-hydroxylation sites is 1. The molecule has 1 fully saturated rings. The zero-order valence-corrected chi connectivity index (χ0v) is 17.2. The van der Waals surface area contributed by atoms with E-state index in [0.29, 0.717) is 23.3 Å². The Hall–Kier alpha value is -3.07. The maximum absolute atomic E-state index is 12.4. The molecule has 1 aliphatic rings. The molecule has 4 rings (SSSR count). The van der Waals surface area contributed by atoms with Gasteiger partial charge in [0.2, 0.25) is 0 Å². The van der Waals surface area contributed by atoms with Crippen LogP contribution in [0.3, 0.4) is 0 Å². The average Bonchev–Trinajstić information content (AvgIpc) is 3.34. The fourth-order valence-corrected chi connectivity index (χ4v) is 4.09. The lowest BCUT2D eigenvalue weighted by Gasteiger charge is -2.15. The molecule has 1 aliphatic heterocycles. The monoisotopic (exact) mass is 411 g/mol. The van der Waals surface area contributed by atoms with Crippen molar-refractivity contribution in [1.29, 1.82) is 0 Å². The lowest BCUT2D eigenvalue weighted by molar-refractivity contribution is -0.130. The minimum Gasteiger partial charge on any atom is -0.469 e. The van der Waals surface area contributed by atoms with Crippen molar-refractivity contribution in [3.63, 3.8) is 0 Å². The lowest BCUT2D eigenvalue weighted by Crippen LogP contribution is -2.40. The molecule has 1 saturated heterocycles. The number of nitrogens with one attached hydrogen (secondary N) is 1. The molecule has 0 unspecified atom stereocenters. The number of hydrogen-bond donors (Lipinski definition) is 1. The van der Waals surface area contributed by atoms with Gasteiger partial charge in [0.05, 0.1) is 11.8 Å². The van der Waals surface area contributed by atoms with Gasteiger partial charge in [0, 0.05) is 18.0 Å². The number of hydrogen-bond acceptors (Lipinski definition) is 6. The Labute approximate surface area is 172 Å². The van der Waals surface area contributed by atoms with Crippen LogP contribution in [0.5, 0.6) is 0 Å². The van der Waals surface area contributed by atoms with Crippen LogP contribution in [0.2, 0.25) is 0 Å². The van der Waals surface area contributed by atoms with Gasteiger partial charge in [-0.15, -0.1) is 10.2 Å². The number of imide groups is 1. The molecule has 0 spiro atoms. The second kappa shape index (κ2) is 7.40. The molecule has 8 nitrogen and oxygen atoms in total. The number of thioether (sulfide) groups is 1. The molecular formula is C20H21N5O3S. The van der Waals surface area contributed by atoms with Crippen molar-refractivity contribution < 1.29 is 14.0 Å². The molecule has 2 aromatic heterocycles. The van der Waals surface area contributed by atoms with Gasteiger partial charge in [0.15, 0.2) is 11.0 Å². The van der Waals surface area contributed by atoms with Crippen molar-refractivity contribution in [2.24, 2.45) is 0 Å². The van der Waals surface area contributed by atoms with E-state index in [-0.39, 0.29) is 11.9 Å². The first-order valence-corrected chi connectivity index (χ1v) is 10.2. The second-order valence-corrected chi connectivity index (χ2v) is 8.29. The maximum Gasteiger partial charge on any atom is 0.325 e. The predicted octanol–water partition coefficient (Wildman–Crippen LogP) is 3.26. The Morgan fingerprint density at radius 2 is 1.90 bits per heavy atom. The molecule has 3 aromatic rings. The maximum atomic E-state index is 12.4. The van der Waals surface area contributed by atoms with E-state index in [1.165, 1.54) is 16.7 Å². The van der Waals surface area contributed by atoms with Gasteiger partial charge >= 0.3 is 6.03 Å². The fourth-order valence-electron chi connectivity index (χ4n) is 3.21. The highest BCUT2D eigenvalue weighted by Crippen LogP contribution is 2.30. The standard InChI is InChI=1S/C20H21N5O3S/c1-13-15(9-11-28-13)16-22-23-19(25(16)14-7-5-4-6-8-14)29-12-10-24-17(26)20(2,3)21-18(24)27/h4-9,11H,10,12H2,1-3H3,(H,21,27). The van der Waals surface area contributed by atoms with E-state index in [1.807, 2.05) is 47.9 Å². The molecule has 0 saturated carbocycles. The number of rotatable bonds is 6. The molecule has 0 radical (unpaired) electrons. The molecule has 29 heavy (non-hydrogen) atoms. The van der Waals surface area contributed by atoms with E-state index in [4.69, 9.17) is 4.42 Å². The summed E-state index contributed by atoms with van der Waals surface area (Å²) in [6, 6.07) is 11.3. The largest absolute Gasteiger partial charge is 0.469 e. The van der Waals surface area contributed by atoms with Gasteiger partial charge in [-0.2, -0.15) is 0 Å². The van der Waals surface area contributed by atoms with E-state index >= 15 is 0 Å². The lowest BCUT2D eigenvalue weighted by atomic mass is 10.1. The number of benzene rings is 1. The van der Waals surface area contributed by atoms with Crippen LogP contribution in [0.15, 0.2) is 52.2 Å². The van der Waals surface area contributed by atoms with Gasteiger partial charge in [0.1, 0.15) is 11.3 Å². The molecule has 1 N–H and O–H groups in total. The molecule has 0 atom stereocenters. The van der Waals surface area contributed by atoms with Crippen molar-refractivity contribution in [2.75, 3.05) is 12.3 Å². The molecule has 1 aromatic carbocycles. The summed E-state index contributed by atoms with van der Waals surface area (Å²) in [7, 11) is 0. The van der Waals surface area contributed by atoms with Gasteiger partial charge in [-0.3, -0.25) is 14.3 Å². The van der Waals surface area contributed by atoms with Crippen molar-refractivity contribution in [2.45, 2.75) is 31.5 Å². The summed E-state index contributed by atoms with van der Waals surface area (Å²) in [4.78, 5) is 25.7. The van der Waals surface area contributed by atoms with E-state index in [2.05, 4.69) is 15.5 Å². The number of furan rings is 1. The van der Waals surface area contributed by atoms with Gasteiger partial charge in [-0.1, -0.05) is 30.0 Å². The molecule has 9 heteroatoms. The minimum atomic E-state index is -0.863. The van der Waals surface area contributed by atoms with Crippen LogP contribution in [0.1, 0.15) is 19.6 Å². The Morgan fingerprint density at radius 3 is 2.52 bits per heavy atom. The number of amides is 3. The fraction of sp³-hybridized carbons (Fsp3) is 0.300. The summed E-state index contributed by atoms with van der Waals surface area (Å²) in [5, 5.41) is 12.1. The SMILES string of the molecule is Cc1occc1-c1nnc(SCCN2C(=O)NC(C)(C)C2=O)n1-c1ccccc1. The number of carbonyl (C=O) groups is 2. The zero-order chi connectivity index (χ0) is 20.6. The molecule has 150 valence electrons. The van der Waals surface area contributed by atoms with Crippen molar-refractivity contribution in [3.8, 4) is 17.1 Å². The van der Waals surface area contributed by atoms with Gasteiger partial charge < -0.3 is 9.73 Å². The normalized spacial score (nSPS) is 15.8. The first-order chi connectivity index (χ1) is 13.9. The summed E-state index contributed by atoms with van der Waals surface area (Å²) in [5.41, 5.74) is 0.924. The first kappa shape index (κ1) is 19.3. The van der Waals surface area contributed by atoms with Crippen LogP contribution in [0.4, 0.5) is 4.79 Å². The van der Waals surface area contributed by atoms with Crippen LogP contribution in [0, 0.1) is 6.92 Å². The van der Waals surface area contributed by atoms with Crippen LogP contribution < -0.4 is 5.32 Å².